The maximum Gasteiger partial charge on any atom is 0.338 e. The zero-order valence-electron chi connectivity index (χ0n) is 30.6. The summed E-state index contributed by atoms with van der Waals surface area (Å²) in [5, 5.41) is 5.10. The second-order valence-electron chi connectivity index (χ2n) is 13.8. The van der Waals surface area contributed by atoms with Gasteiger partial charge in [-0.25, -0.2) is 19.6 Å². The van der Waals surface area contributed by atoms with E-state index in [1.165, 1.54) is 26.2 Å². The van der Waals surface area contributed by atoms with Crippen molar-refractivity contribution in [2.75, 3.05) is 14.1 Å². The highest BCUT2D eigenvalue weighted by Gasteiger charge is 2.24. The second-order valence-corrected chi connectivity index (χ2v) is 13.8. The topological polar surface area (TPSA) is 137 Å². The third-order valence-electron chi connectivity index (χ3n) is 7.37. The van der Waals surface area contributed by atoms with Crippen LogP contribution < -0.4 is 10.6 Å². The van der Waals surface area contributed by atoms with Crippen molar-refractivity contribution >= 4 is 23.8 Å². The van der Waals surface area contributed by atoms with Crippen LogP contribution in [-0.4, -0.2) is 59.0 Å². The third-order valence-corrected chi connectivity index (χ3v) is 7.37. The Hall–Kier alpha value is -5.38. The minimum Gasteiger partial charge on any atom is -0.456 e. The lowest BCUT2D eigenvalue weighted by atomic mass is 9.96. The highest BCUT2D eigenvalue weighted by Crippen LogP contribution is 2.26. The summed E-state index contributed by atoms with van der Waals surface area (Å²) in [7, 11) is 3.06. The Bertz CT molecular complexity index is 1660. The van der Waals surface area contributed by atoms with E-state index in [4.69, 9.17) is 9.47 Å². The first-order valence-electron chi connectivity index (χ1n) is 16.5. The van der Waals surface area contributed by atoms with E-state index in [9.17, 15) is 19.2 Å². The van der Waals surface area contributed by atoms with E-state index in [1.807, 2.05) is 74.5 Å². The highest BCUT2D eigenvalue weighted by atomic mass is 16.6. The van der Waals surface area contributed by atoms with Gasteiger partial charge in [-0.15, -0.1) is 0 Å². The molecular formula is C40H48N4O6. The van der Waals surface area contributed by atoms with E-state index in [0.29, 0.717) is 22.5 Å². The molecule has 0 fully saturated rings. The van der Waals surface area contributed by atoms with Gasteiger partial charge in [0.2, 0.25) is 0 Å². The summed E-state index contributed by atoms with van der Waals surface area (Å²) < 4.78 is 10.9. The molecule has 0 bridgehead atoms. The first-order chi connectivity index (χ1) is 23.4. The van der Waals surface area contributed by atoms with Gasteiger partial charge in [-0.05, 0) is 76.9 Å². The van der Waals surface area contributed by atoms with Gasteiger partial charge in [0.15, 0.2) is 0 Å². The molecule has 0 saturated heterocycles. The Morgan fingerprint density at radius 2 is 0.880 bits per heavy atom. The molecule has 2 heterocycles. The van der Waals surface area contributed by atoms with Crippen LogP contribution in [0.1, 0.15) is 131 Å². The standard InChI is InChI=1S/2C20H24N2O3/c2*1-13(14-9-7-6-8-10-14)16-11-15(19(24)25-20(2,3)4)12-17(22-16)18(23)21-5/h2*6-13H,1-5H3,(H,21,23)/t2*13-/m10/s1. The predicted octanol–water partition coefficient (Wildman–Crippen LogP) is 7.10. The number of rotatable bonds is 8. The number of benzene rings is 2. The molecule has 2 atom stereocenters. The molecule has 2 aromatic heterocycles. The predicted molar refractivity (Wildman–Crippen MR) is 194 cm³/mol. The molecule has 0 spiro atoms. The van der Waals surface area contributed by atoms with Crippen LogP contribution in [0.3, 0.4) is 0 Å². The van der Waals surface area contributed by atoms with Crippen molar-refractivity contribution in [3.63, 3.8) is 0 Å². The van der Waals surface area contributed by atoms with Gasteiger partial charge in [-0.2, -0.15) is 0 Å². The summed E-state index contributed by atoms with van der Waals surface area (Å²) in [4.78, 5) is 57.9. The molecule has 0 aliphatic carbocycles. The summed E-state index contributed by atoms with van der Waals surface area (Å²) >= 11 is 0. The van der Waals surface area contributed by atoms with Gasteiger partial charge in [0.05, 0.1) is 11.1 Å². The molecule has 10 heteroatoms. The van der Waals surface area contributed by atoms with Crippen LogP contribution in [0.15, 0.2) is 84.9 Å². The number of nitrogens with zero attached hydrogens (tertiary/aromatic N) is 2. The van der Waals surface area contributed by atoms with Gasteiger partial charge in [-0.1, -0.05) is 74.5 Å². The Kier molecular flexibility index (Phi) is 13.1. The SMILES string of the molecule is CNC(=O)c1cc(C(=O)OC(C)(C)C)cc([C@@H](C)c2ccccc2)n1.CNC(=O)c1cc(C(=O)OC(C)(C)C)cc([C@H](C)c2ccccc2)n1. The number of hydrogen-bond acceptors (Lipinski definition) is 8. The van der Waals surface area contributed by atoms with Crippen molar-refractivity contribution in [1.82, 2.24) is 20.6 Å². The Morgan fingerprint density at radius 1 is 0.560 bits per heavy atom. The smallest absolute Gasteiger partial charge is 0.338 e. The normalized spacial score (nSPS) is 12.4. The molecule has 0 unspecified atom stereocenters. The van der Waals surface area contributed by atoms with E-state index in [-0.39, 0.29) is 35.0 Å². The van der Waals surface area contributed by atoms with Gasteiger partial charge < -0.3 is 20.1 Å². The molecular weight excluding hydrogens is 632 g/mol. The number of aromatic nitrogens is 2. The number of carbonyl (C=O) groups excluding carboxylic acids is 4. The molecule has 0 aliphatic heterocycles. The van der Waals surface area contributed by atoms with Gasteiger partial charge in [0.25, 0.3) is 11.8 Å². The summed E-state index contributed by atoms with van der Waals surface area (Å²) in [6, 6.07) is 26.0. The number of esters is 2. The number of nitrogens with one attached hydrogen (secondary N) is 2. The molecule has 4 aromatic rings. The first-order valence-corrected chi connectivity index (χ1v) is 16.5. The summed E-state index contributed by atoms with van der Waals surface area (Å²) in [5.41, 5.74) is 3.21. The molecule has 0 radical (unpaired) electrons. The Labute approximate surface area is 295 Å². The Morgan fingerprint density at radius 3 is 1.16 bits per heavy atom. The maximum atomic E-state index is 12.5. The lowest BCUT2D eigenvalue weighted by molar-refractivity contribution is 0.00566. The fourth-order valence-corrected chi connectivity index (χ4v) is 4.77. The molecule has 264 valence electrons. The van der Waals surface area contributed by atoms with Crippen molar-refractivity contribution in [3.8, 4) is 0 Å². The zero-order chi connectivity index (χ0) is 37.2. The molecule has 2 aromatic carbocycles. The molecule has 0 saturated carbocycles. The number of amides is 2. The lowest BCUT2D eigenvalue weighted by Gasteiger charge is -2.20. The van der Waals surface area contributed by atoms with E-state index in [1.54, 1.807) is 53.7 Å². The molecule has 10 nitrogen and oxygen atoms in total. The average Bonchev–Trinajstić information content (AvgIpc) is 3.09. The fraction of sp³-hybridized carbons (Fsp3) is 0.350. The summed E-state index contributed by atoms with van der Waals surface area (Å²) in [6.45, 7) is 14.8. The largest absolute Gasteiger partial charge is 0.456 e. The number of pyridine rings is 2. The van der Waals surface area contributed by atoms with Gasteiger partial charge in [0, 0.05) is 37.3 Å². The van der Waals surface area contributed by atoms with Crippen LogP contribution in [0.4, 0.5) is 0 Å². The average molecular weight is 681 g/mol. The van der Waals surface area contributed by atoms with Crippen molar-refractivity contribution in [2.24, 2.45) is 0 Å². The van der Waals surface area contributed by atoms with Crippen LogP contribution in [-0.2, 0) is 9.47 Å². The van der Waals surface area contributed by atoms with E-state index in [0.717, 1.165) is 11.1 Å². The van der Waals surface area contributed by atoms with E-state index in [2.05, 4.69) is 20.6 Å². The number of hydrogen-bond donors (Lipinski definition) is 2. The van der Waals surface area contributed by atoms with Crippen molar-refractivity contribution < 1.29 is 28.7 Å². The third kappa shape index (κ3) is 11.4. The summed E-state index contributed by atoms with van der Waals surface area (Å²) in [5.74, 6) is -1.75. The van der Waals surface area contributed by atoms with E-state index < -0.39 is 23.1 Å². The van der Waals surface area contributed by atoms with Crippen LogP contribution in [0.25, 0.3) is 0 Å². The number of ether oxygens (including phenoxy) is 2. The van der Waals surface area contributed by atoms with Crippen LogP contribution >= 0.6 is 0 Å². The summed E-state index contributed by atoms with van der Waals surface area (Å²) in [6.07, 6.45) is 0. The highest BCUT2D eigenvalue weighted by molar-refractivity contribution is 5.97. The van der Waals surface area contributed by atoms with Crippen molar-refractivity contribution in [1.29, 1.82) is 0 Å². The van der Waals surface area contributed by atoms with Crippen LogP contribution in [0, 0.1) is 0 Å². The van der Waals surface area contributed by atoms with Crippen molar-refractivity contribution in [2.45, 2.75) is 78.4 Å². The molecule has 2 amide bonds. The van der Waals surface area contributed by atoms with Crippen LogP contribution in [0.2, 0.25) is 0 Å². The molecule has 2 N–H and O–H groups in total. The lowest BCUT2D eigenvalue weighted by Crippen LogP contribution is -2.25. The number of carbonyl (C=O) groups is 4. The van der Waals surface area contributed by atoms with E-state index >= 15 is 0 Å². The minimum atomic E-state index is -0.612. The zero-order valence-corrected chi connectivity index (χ0v) is 30.6. The van der Waals surface area contributed by atoms with Gasteiger partial charge >= 0.3 is 11.9 Å². The monoisotopic (exact) mass is 680 g/mol. The minimum absolute atomic E-state index is 0.0630. The van der Waals surface area contributed by atoms with Gasteiger partial charge in [-0.3, -0.25) is 9.59 Å². The Balaban J connectivity index is 0.000000270. The van der Waals surface area contributed by atoms with Crippen molar-refractivity contribution in [3.05, 3.63) is 130 Å². The van der Waals surface area contributed by atoms with Crippen LogP contribution in [0.5, 0.6) is 0 Å². The molecule has 50 heavy (non-hydrogen) atoms. The van der Waals surface area contributed by atoms with Gasteiger partial charge in [0.1, 0.15) is 22.6 Å². The second kappa shape index (κ2) is 16.8. The molecule has 0 aliphatic rings. The maximum absolute atomic E-state index is 12.5. The molecule has 4 rings (SSSR count). The first kappa shape index (κ1) is 39.1. The quantitative estimate of drug-likeness (QED) is 0.188. The fourth-order valence-electron chi connectivity index (χ4n) is 4.77.